The molecule has 110 valence electrons. The highest BCUT2D eigenvalue weighted by atomic mass is 16.6. The second kappa shape index (κ2) is 4.40. The summed E-state index contributed by atoms with van der Waals surface area (Å²) in [6, 6.07) is 4.63. The number of rotatable bonds is 3. The van der Waals surface area contributed by atoms with Crippen molar-refractivity contribution in [3.63, 3.8) is 0 Å². The molecule has 1 aliphatic heterocycles. The number of non-ortho nitro benzene ring substituents is 1. The number of nitro benzene ring substituents is 1. The first-order chi connectivity index (χ1) is 10.1. The summed E-state index contributed by atoms with van der Waals surface area (Å²) in [5.74, 6) is 0.396. The fraction of sp³-hybridized carbons (Fsp3) is 0.462. The molecule has 1 saturated heterocycles. The SMILES string of the molecule is NC1C2CCOC2C1Nc1nc2cc([N+](=O)[O-])ccc2o1. The quantitative estimate of drug-likeness (QED) is 0.645. The largest absolute Gasteiger partial charge is 0.424 e. The van der Waals surface area contributed by atoms with E-state index in [0.29, 0.717) is 23.0 Å². The van der Waals surface area contributed by atoms with Crippen molar-refractivity contribution >= 4 is 22.8 Å². The maximum atomic E-state index is 10.8. The van der Waals surface area contributed by atoms with Crippen molar-refractivity contribution in [1.82, 2.24) is 4.98 Å². The summed E-state index contributed by atoms with van der Waals surface area (Å²) < 4.78 is 11.2. The van der Waals surface area contributed by atoms with Crippen LogP contribution in [0.2, 0.25) is 0 Å². The van der Waals surface area contributed by atoms with Gasteiger partial charge in [-0.3, -0.25) is 10.1 Å². The lowest BCUT2D eigenvalue weighted by molar-refractivity contribution is -0.384. The van der Waals surface area contributed by atoms with Crippen LogP contribution in [-0.2, 0) is 4.74 Å². The number of hydrogen-bond donors (Lipinski definition) is 2. The first kappa shape index (κ1) is 12.5. The minimum atomic E-state index is -0.458. The van der Waals surface area contributed by atoms with Crippen LogP contribution in [0, 0.1) is 16.0 Å². The maximum Gasteiger partial charge on any atom is 0.296 e. The predicted octanol–water partition coefficient (Wildman–Crippen LogP) is 1.26. The minimum Gasteiger partial charge on any atom is -0.424 e. The van der Waals surface area contributed by atoms with Crippen LogP contribution >= 0.6 is 0 Å². The van der Waals surface area contributed by atoms with Gasteiger partial charge in [0.05, 0.1) is 17.1 Å². The molecule has 8 nitrogen and oxygen atoms in total. The van der Waals surface area contributed by atoms with E-state index in [-0.39, 0.29) is 23.9 Å². The van der Waals surface area contributed by atoms with E-state index < -0.39 is 4.92 Å². The van der Waals surface area contributed by atoms with Crippen LogP contribution < -0.4 is 11.1 Å². The zero-order valence-electron chi connectivity index (χ0n) is 11.1. The van der Waals surface area contributed by atoms with Gasteiger partial charge in [0, 0.05) is 30.7 Å². The van der Waals surface area contributed by atoms with E-state index in [1.165, 1.54) is 12.1 Å². The average molecular weight is 290 g/mol. The summed E-state index contributed by atoms with van der Waals surface area (Å²) in [6.07, 6.45) is 1.09. The summed E-state index contributed by atoms with van der Waals surface area (Å²) in [5, 5.41) is 13.9. The van der Waals surface area contributed by atoms with Gasteiger partial charge in [0.2, 0.25) is 0 Å². The second-order valence-corrected chi connectivity index (χ2v) is 5.46. The Labute approximate surface area is 119 Å². The third-order valence-electron chi connectivity index (χ3n) is 4.32. The highest BCUT2D eigenvalue weighted by molar-refractivity contribution is 5.77. The molecular formula is C13H14N4O4. The first-order valence-corrected chi connectivity index (χ1v) is 6.82. The van der Waals surface area contributed by atoms with Gasteiger partial charge in [-0.05, 0) is 12.5 Å². The third kappa shape index (κ3) is 1.87. The Morgan fingerprint density at radius 3 is 3.14 bits per heavy atom. The lowest BCUT2D eigenvalue weighted by atomic mass is 9.72. The summed E-state index contributed by atoms with van der Waals surface area (Å²) in [5.41, 5.74) is 7.05. The molecule has 8 heteroatoms. The van der Waals surface area contributed by atoms with Gasteiger partial charge in [0.1, 0.15) is 5.52 Å². The average Bonchev–Trinajstić information content (AvgIpc) is 3.07. The monoisotopic (exact) mass is 290 g/mol. The van der Waals surface area contributed by atoms with Gasteiger partial charge < -0.3 is 20.2 Å². The summed E-state index contributed by atoms with van der Waals surface area (Å²) in [6.45, 7) is 0.737. The number of anilines is 1. The molecule has 21 heavy (non-hydrogen) atoms. The minimum absolute atomic E-state index is 0.0121. The number of oxazole rings is 1. The number of hydrogen-bond acceptors (Lipinski definition) is 7. The van der Waals surface area contributed by atoms with Crippen LogP contribution in [0.1, 0.15) is 6.42 Å². The fourth-order valence-corrected chi connectivity index (χ4v) is 3.16. The molecule has 0 amide bonds. The van der Waals surface area contributed by atoms with Gasteiger partial charge in [0.25, 0.3) is 11.7 Å². The molecular weight excluding hydrogens is 276 g/mol. The number of nitrogens with zero attached hydrogens (tertiary/aromatic N) is 2. The van der Waals surface area contributed by atoms with E-state index in [4.69, 9.17) is 14.9 Å². The lowest BCUT2D eigenvalue weighted by Crippen LogP contribution is -2.65. The van der Waals surface area contributed by atoms with Gasteiger partial charge in [-0.15, -0.1) is 0 Å². The maximum absolute atomic E-state index is 10.8. The molecule has 2 fully saturated rings. The van der Waals surface area contributed by atoms with Gasteiger partial charge in [-0.2, -0.15) is 4.98 Å². The molecule has 3 N–H and O–H groups in total. The number of aromatic nitrogens is 1. The standard InChI is InChI=1S/C13H14N4O4/c14-10-7-3-4-20-12(7)11(10)16-13-15-8-5-6(17(18)19)1-2-9(8)21-13/h1-2,5,7,10-12H,3-4,14H2,(H,15,16). The molecule has 2 aromatic rings. The number of nitro groups is 1. The van der Waals surface area contributed by atoms with Crippen LogP contribution in [0.5, 0.6) is 0 Å². The number of ether oxygens (including phenoxy) is 1. The van der Waals surface area contributed by atoms with E-state index >= 15 is 0 Å². The van der Waals surface area contributed by atoms with E-state index in [1.807, 2.05) is 0 Å². The Morgan fingerprint density at radius 2 is 2.33 bits per heavy atom. The van der Waals surface area contributed by atoms with Crippen molar-refractivity contribution in [1.29, 1.82) is 0 Å². The molecule has 0 spiro atoms. The van der Waals surface area contributed by atoms with Crippen molar-refractivity contribution in [3.05, 3.63) is 28.3 Å². The topological polar surface area (TPSA) is 116 Å². The summed E-state index contributed by atoms with van der Waals surface area (Å²) in [7, 11) is 0. The molecule has 1 aromatic heterocycles. The second-order valence-electron chi connectivity index (χ2n) is 5.46. The number of benzene rings is 1. The first-order valence-electron chi connectivity index (χ1n) is 6.82. The van der Waals surface area contributed by atoms with Crippen molar-refractivity contribution in [2.24, 2.45) is 11.7 Å². The molecule has 0 bridgehead atoms. The van der Waals surface area contributed by atoms with Gasteiger partial charge in [-0.25, -0.2) is 0 Å². The Bertz CT molecular complexity index is 715. The highest BCUT2D eigenvalue weighted by Gasteiger charge is 2.52. The molecule has 1 saturated carbocycles. The number of fused-ring (bicyclic) bond motifs is 2. The number of nitrogens with one attached hydrogen (secondary N) is 1. The Morgan fingerprint density at radius 1 is 1.48 bits per heavy atom. The zero-order valence-corrected chi connectivity index (χ0v) is 11.1. The Hall–Kier alpha value is -2.19. The molecule has 1 aliphatic carbocycles. The fourth-order valence-electron chi connectivity index (χ4n) is 3.16. The van der Waals surface area contributed by atoms with E-state index in [9.17, 15) is 10.1 Å². The van der Waals surface area contributed by atoms with Gasteiger partial charge >= 0.3 is 0 Å². The van der Waals surface area contributed by atoms with E-state index in [0.717, 1.165) is 13.0 Å². The van der Waals surface area contributed by atoms with Crippen LogP contribution in [0.3, 0.4) is 0 Å². The Kier molecular flexibility index (Phi) is 2.63. The number of nitrogens with two attached hydrogens (primary N) is 1. The molecule has 2 aliphatic rings. The van der Waals surface area contributed by atoms with Gasteiger partial charge in [-0.1, -0.05) is 0 Å². The third-order valence-corrected chi connectivity index (χ3v) is 4.32. The van der Waals surface area contributed by atoms with Crippen LogP contribution in [0.4, 0.5) is 11.7 Å². The highest BCUT2D eigenvalue weighted by Crippen LogP contribution is 2.39. The summed E-state index contributed by atoms with van der Waals surface area (Å²) >= 11 is 0. The Balaban J connectivity index is 1.58. The molecule has 2 heterocycles. The smallest absolute Gasteiger partial charge is 0.296 e. The predicted molar refractivity (Wildman–Crippen MR) is 73.9 cm³/mol. The van der Waals surface area contributed by atoms with Crippen molar-refractivity contribution in [2.75, 3.05) is 11.9 Å². The van der Waals surface area contributed by atoms with E-state index in [2.05, 4.69) is 10.3 Å². The van der Waals surface area contributed by atoms with Crippen molar-refractivity contribution in [3.8, 4) is 0 Å². The van der Waals surface area contributed by atoms with Crippen LogP contribution in [0.15, 0.2) is 22.6 Å². The van der Waals surface area contributed by atoms with Crippen molar-refractivity contribution < 1.29 is 14.1 Å². The molecule has 4 unspecified atom stereocenters. The van der Waals surface area contributed by atoms with Crippen LogP contribution in [0.25, 0.3) is 11.1 Å². The summed E-state index contributed by atoms with van der Waals surface area (Å²) in [4.78, 5) is 14.5. The van der Waals surface area contributed by atoms with E-state index in [1.54, 1.807) is 6.07 Å². The normalized spacial score (nSPS) is 30.9. The zero-order chi connectivity index (χ0) is 14.6. The molecule has 4 rings (SSSR count). The molecule has 4 atom stereocenters. The molecule has 0 radical (unpaired) electrons. The van der Waals surface area contributed by atoms with Crippen LogP contribution in [-0.4, -0.2) is 34.7 Å². The van der Waals surface area contributed by atoms with Crippen molar-refractivity contribution in [2.45, 2.75) is 24.6 Å². The van der Waals surface area contributed by atoms with Gasteiger partial charge in [0.15, 0.2) is 5.58 Å². The molecule has 1 aromatic carbocycles. The lowest BCUT2D eigenvalue weighted by Gasteiger charge is -2.45.